The Bertz CT molecular complexity index is 700. The van der Waals surface area contributed by atoms with Crippen LogP contribution in [0.4, 0.5) is 27.1 Å². The topological polar surface area (TPSA) is 58.4 Å². The highest BCUT2D eigenvalue weighted by molar-refractivity contribution is 6.04. The number of rotatable bonds is 1. The number of nitrogens with two attached hydrogens (primary N) is 1. The van der Waals surface area contributed by atoms with E-state index in [-0.39, 0.29) is 18.3 Å². The zero-order chi connectivity index (χ0) is 14.3. The SMILES string of the molecule is Cc1cc(N2CC(=O)Nc3ccccc32)c(N)cc1F. The van der Waals surface area contributed by atoms with Crippen molar-refractivity contribution in [3.8, 4) is 0 Å². The maximum absolute atomic E-state index is 13.5. The van der Waals surface area contributed by atoms with Gasteiger partial charge in [0.05, 0.1) is 22.7 Å². The fourth-order valence-corrected chi connectivity index (χ4v) is 2.36. The predicted octanol–water partition coefficient (Wildman–Crippen LogP) is 2.81. The lowest BCUT2D eigenvalue weighted by Gasteiger charge is -2.31. The summed E-state index contributed by atoms with van der Waals surface area (Å²) < 4.78 is 13.5. The molecule has 0 aliphatic carbocycles. The zero-order valence-corrected chi connectivity index (χ0v) is 11.0. The molecule has 0 bridgehead atoms. The van der Waals surface area contributed by atoms with Crippen molar-refractivity contribution in [2.24, 2.45) is 0 Å². The average Bonchev–Trinajstić information content (AvgIpc) is 2.42. The highest BCUT2D eigenvalue weighted by Gasteiger charge is 2.24. The number of anilines is 4. The first-order chi connectivity index (χ1) is 9.56. The van der Waals surface area contributed by atoms with Gasteiger partial charge in [-0.2, -0.15) is 0 Å². The fourth-order valence-electron chi connectivity index (χ4n) is 2.36. The highest BCUT2D eigenvalue weighted by Crippen LogP contribution is 2.38. The van der Waals surface area contributed by atoms with Crippen molar-refractivity contribution in [3.05, 3.63) is 47.8 Å². The van der Waals surface area contributed by atoms with Crippen LogP contribution in [-0.4, -0.2) is 12.5 Å². The maximum atomic E-state index is 13.5. The molecule has 0 fully saturated rings. The summed E-state index contributed by atoms with van der Waals surface area (Å²) in [6.45, 7) is 1.83. The smallest absolute Gasteiger partial charge is 0.244 e. The van der Waals surface area contributed by atoms with Gasteiger partial charge in [0.15, 0.2) is 0 Å². The molecule has 20 heavy (non-hydrogen) atoms. The van der Waals surface area contributed by atoms with Gasteiger partial charge in [-0.1, -0.05) is 12.1 Å². The number of aryl methyl sites for hydroxylation is 1. The summed E-state index contributed by atoms with van der Waals surface area (Å²) in [7, 11) is 0. The van der Waals surface area contributed by atoms with Crippen molar-refractivity contribution < 1.29 is 9.18 Å². The molecule has 4 nitrogen and oxygen atoms in total. The van der Waals surface area contributed by atoms with Crippen LogP contribution in [0.1, 0.15) is 5.56 Å². The summed E-state index contributed by atoms with van der Waals surface area (Å²) in [5, 5.41) is 2.81. The summed E-state index contributed by atoms with van der Waals surface area (Å²) in [5.74, 6) is -0.467. The Morgan fingerprint density at radius 2 is 2.00 bits per heavy atom. The van der Waals surface area contributed by atoms with E-state index in [1.54, 1.807) is 17.9 Å². The molecule has 0 unspecified atom stereocenters. The standard InChI is InChI=1S/C15H14FN3O/c1-9-6-14(11(17)7-10(9)16)19-8-15(20)18-12-4-2-3-5-13(12)19/h2-7H,8,17H2,1H3,(H,18,20). The summed E-state index contributed by atoms with van der Waals surface area (Å²) in [5.41, 5.74) is 8.95. The fraction of sp³-hybridized carbons (Fsp3) is 0.133. The number of carbonyl (C=O) groups is 1. The Morgan fingerprint density at radius 3 is 2.80 bits per heavy atom. The molecule has 0 aromatic heterocycles. The van der Waals surface area contributed by atoms with Gasteiger partial charge in [0.25, 0.3) is 0 Å². The van der Waals surface area contributed by atoms with Crippen molar-refractivity contribution >= 4 is 28.7 Å². The molecule has 1 heterocycles. The molecule has 1 aliphatic heterocycles. The van der Waals surface area contributed by atoms with Gasteiger partial charge in [-0.05, 0) is 36.8 Å². The highest BCUT2D eigenvalue weighted by atomic mass is 19.1. The van der Waals surface area contributed by atoms with E-state index < -0.39 is 0 Å². The molecule has 0 atom stereocenters. The molecule has 5 heteroatoms. The number of hydrogen-bond acceptors (Lipinski definition) is 3. The molecule has 1 aliphatic rings. The van der Waals surface area contributed by atoms with Gasteiger partial charge in [-0.15, -0.1) is 0 Å². The molecular formula is C15H14FN3O. The number of para-hydroxylation sites is 2. The van der Waals surface area contributed by atoms with Crippen molar-refractivity contribution in [1.82, 2.24) is 0 Å². The number of nitrogens with zero attached hydrogens (tertiary/aromatic N) is 1. The zero-order valence-electron chi connectivity index (χ0n) is 11.0. The van der Waals surface area contributed by atoms with Gasteiger partial charge in [-0.3, -0.25) is 4.79 Å². The van der Waals surface area contributed by atoms with E-state index >= 15 is 0 Å². The van der Waals surface area contributed by atoms with Gasteiger partial charge in [0.2, 0.25) is 5.91 Å². The van der Waals surface area contributed by atoms with E-state index in [0.29, 0.717) is 16.9 Å². The van der Waals surface area contributed by atoms with E-state index in [2.05, 4.69) is 5.32 Å². The van der Waals surface area contributed by atoms with Crippen LogP contribution in [0.15, 0.2) is 36.4 Å². The van der Waals surface area contributed by atoms with Gasteiger partial charge in [0.1, 0.15) is 12.4 Å². The number of nitrogen functional groups attached to an aromatic ring is 1. The van der Waals surface area contributed by atoms with E-state index in [1.165, 1.54) is 6.07 Å². The molecule has 0 spiro atoms. The van der Waals surface area contributed by atoms with Gasteiger partial charge < -0.3 is 16.0 Å². The third kappa shape index (κ3) is 1.97. The van der Waals surface area contributed by atoms with Crippen LogP contribution in [0.2, 0.25) is 0 Å². The second-order valence-electron chi connectivity index (χ2n) is 4.81. The quantitative estimate of drug-likeness (QED) is 0.784. The van der Waals surface area contributed by atoms with Crippen LogP contribution < -0.4 is 16.0 Å². The first-order valence-electron chi connectivity index (χ1n) is 6.28. The molecule has 3 rings (SSSR count). The van der Waals surface area contributed by atoms with Crippen molar-refractivity contribution in [2.75, 3.05) is 22.5 Å². The summed E-state index contributed by atoms with van der Waals surface area (Å²) in [6, 6.07) is 10.4. The third-order valence-corrected chi connectivity index (χ3v) is 3.37. The second kappa shape index (κ2) is 4.52. The van der Waals surface area contributed by atoms with Crippen molar-refractivity contribution in [1.29, 1.82) is 0 Å². The minimum absolute atomic E-state index is 0.120. The van der Waals surface area contributed by atoms with Crippen LogP contribution in [0.25, 0.3) is 0 Å². The Balaban J connectivity index is 2.15. The first kappa shape index (κ1) is 12.5. The van der Waals surface area contributed by atoms with E-state index in [0.717, 1.165) is 11.4 Å². The molecule has 0 radical (unpaired) electrons. The minimum atomic E-state index is -0.346. The van der Waals surface area contributed by atoms with Gasteiger partial charge in [-0.25, -0.2) is 4.39 Å². The Morgan fingerprint density at radius 1 is 1.25 bits per heavy atom. The third-order valence-electron chi connectivity index (χ3n) is 3.37. The Kier molecular flexibility index (Phi) is 2.82. The number of hydrogen-bond donors (Lipinski definition) is 2. The predicted molar refractivity (Wildman–Crippen MR) is 77.6 cm³/mol. The summed E-state index contributed by atoms with van der Waals surface area (Å²) in [4.78, 5) is 13.6. The molecule has 0 saturated heterocycles. The molecule has 0 saturated carbocycles. The maximum Gasteiger partial charge on any atom is 0.244 e. The molecule has 1 amide bonds. The van der Waals surface area contributed by atoms with E-state index in [9.17, 15) is 9.18 Å². The van der Waals surface area contributed by atoms with Crippen molar-refractivity contribution in [2.45, 2.75) is 6.92 Å². The summed E-state index contributed by atoms with van der Waals surface area (Å²) >= 11 is 0. The summed E-state index contributed by atoms with van der Waals surface area (Å²) in [6.07, 6.45) is 0. The molecule has 2 aromatic rings. The molecule has 2 aromatic carbocycles. The lowest BCUT2D eigenvalue weighted by Crippen LogP contribution is -2.35. The number of benzene rings is 2. The number of amides is 1. The largest absolute Gasteiger partial charge is 0.397 e. The lowest BCUT2D eigenvalue weighted by atomic mass is 10.1. The van der Waals surface area contributed by atoms with Gasteiger partial charge >= 0.3 is 0 Å². The first-order valence-corrected chi connectivity index (χ1v) is 6.28. The number of carbonyl (C=O) groups excluding carboxylic acids is 1. The van der Waals surface area contributed by atoms with Crippen LogP contribution in [0.5, 0.6) is 0 Å². The number of nitrogens with one attached hydrogen (secondary N) is 1. The minimum Gasteiger partial charge on any atom is -0.397 e. The lowest BCUT2D eigenvalue weighted by molar-refractivity contribution is -0.115. The van der Waals surface area contributed by atoms with E-state index in [4.69, 9.17) is 5.73 Å². The number of fused-ring (bicyclic) bond motifs is 1. The molecule has 102 valence electrons. The average molecular weight is 271 g/mol. The van der Waals surface area contributed by atoms with Crippen molar-refractivity contribution in [3.63, 3.8) is 0 Å². The van der Waals surface area contributed by atoms with Crippen LogP contribution in [0, 0.1) is 12.7 Å². The van der Waals surface area contributed by atoms with E-state index in [1.807, 2.05) is 24.3 Å². The van der Waals surface area contributed by atoms with Crippen LogP contribution in [-0.2, 0) is 4.79 Å². The van der Waals surface area contributed by atoms with Crippen LogP contribution in [0.3, 0.4) is 0 Å². The molecular weight excluding hydrogens is 257 g/mol. The number of halogens is 1. The Hall–Kier alpha value is -2.56. The Labute approximate surface area is 116 Å². The monoisotopic (exact) mass is 271 g/mol. The van der Waals surface area contributed by atoms with Gasteiger partial charge in [0, 0.05) is 0 Å². The second-order valence-corrected chi connectivity index (χ2v) is 4.81. The van der Waals surface area contributed by atoms with Crippen LogP contribution >= 0.6 is 0 Å². The normalized spacial score (nSPS) is 13.9. The molecule has 3 N–H and O–H groups in total.